The molecular formula is C19H12N4O5. The lowest BCUT2D eigenvalue weighted by atomic mass is 10.1. The van der Waals surface area contributed by atoms with Gasteiger partial charge < -0.3 is 9.40 Å². The third-order valence-corrected chi connectivity index (χ3v) is 4.08. The minimum Gasteiger partial charge on any atom is -0.455 e. The number of aromatic nitrogens is 2. The molecule has 9 heteroatoms. The average molecular weight is 376 g/mol. The molecule has 9 nitrogen and oxygen atoms in total. The van der Waals surface area contributed by atoms with Gasteiger partial charge in [0.2, 0.25) is 0 Å². The summed E-state index contributed by atoms with van der Waals surface area (Å²) in [4.78, 5) is 37.8. The van der Waals surface area contributed by atoms with Crippen molar-refractivity contribution in [2.45, 2.75) is 0 Å². The van der Waals surface area contributed by atoms with Crippen LogP contribution < -0.4 is 11.2 Å². The van der Waals surface area contributed by atoms with E-state index >= 15 is 0 Å². The molecule has 0 fully saturated rings. The van der Waals surface area contributed by atoms with Crippen LogP contribution in [0.4, 0.5) is 5.69 Å². The number of benzene rings is 2. The first-order chi connectivity index (χ1) is 13.5. The zero-order valence-corrected chi connectivity index (χ0v) is 14.2. The Morgan fingerprint density at radius 3 is 2.61 bits per heavy atom. The molecule has 0 radical (unpaired) electrons. The number of H-pyrrole nitrogens is 1. The van der Waals surface area contributed by atoms with E-state index in [0.29, 0.717) is 21.1 Å². The van der Waals surface area contributed by atoms with Gasteiger partial charge in [0, 0.05) is 6.07 Å². The minimum absolute atomic E-state index is 0.0949. The van der Waals surface area contributed by atoms with Gasteiger partial charge in [0.1, 0.15) is 11.5 Å². The number of nitrogens with zero attached hydrogens (tertiary/aromatic N) is 3. The molecule has 28 heavy (non-hydrogen) atoms. The molecular weight excluding hydrogens is 364 g/mol. The largest absolute Gasteiger partial charge is 0.455 e. The summed E-state index contributed by atoms with van der Waals surface area (Å²) in [5, 5.41) is 15.4. The van der Waals surface area contributed by atoms with Crippen molar-refractivity contribution < 1.29 is 9.34 Å². The third kappa shape index (κ3) is 3.01. The molecule has 2 aromatic carbocycles. The molecule has 0 atom stereocenters. The van der Waals surface area contributed by atoms with E-state index < -0.39 is 16.2 Å². The quantitative estimate of drug-likeness (QED) is 0.333. The molecule has 0 bridgehead atoms. The number of nitrogens with one attached hydrogen (secondary N) is 1. The summed E-state index contributed by atoms with van der Waals surface area (Å²) in [5.74, 6) is 0.501. The fourth-order valence-electron chi connectivity index (χ4n) is 2.78. The Morgan fingerprint density at radius 2 is 1.79 bits per heavy atom. The maximum Gasteiger partial charge on any atom is 0.349 e. The molecule has 2 aromatic heterocycles. The van der Waals surface area contributed by atoms with E-state index in [0.717, 1.165) is 0 Å². The van der Waals surface area contributed by atoms with E-state index in [1.165, 1.54) is 18.3 Å². The molecule has 0 spiro atoms. The van der Waals surface area contributed by atoms with Crippen LogP contribution in [0.1, 0.15) is 5.76 Å². The molecule has 0 amide bonds. The van der Waals surface area contributed by atoms with E-state index in [1.54, 1.807) is 48.5 Å². The fraction of sp³-hybridized carbons (Fsp3) is 0. The van der Waals surface area contributed by atoms with Gasteiger partial charge in [0.25, 0.3) is 11.2 Å². The second-order valence-electron chi connectivity index (χ2n) is 5.81. The van der Waals surface area contributed by atoms with Crippen molar-refractivity contribution in [1.82, 2.24) is 9.66 Å². The van der Waals surface area contributed by atoms with Crippen molar-refractivity contribution in [2.75, 3.05) is 0 Å². The standard InChI is InChI=1S/C19H12N4O5/c24-18-13-5-1-3-7-15(13)21-19(25)22(18)20-11-12-9-10-17(28-12)14-6-2-4-8-16(14)23(26)27/h1-11H,(H,21,25). The number of fused-ring (bicyclic) bond motifs is 1. The Bertz CT molecular complexity index is 1350. The van der Waals surface area contributed by atoms with Gasteiger partial charge in [0.05, 0.1) is 27.6 Å². The molecule has 0 saturated carbocycles. The summed E-state index contributed by atoms with van der Waals surface area (Å²) in [5.41, 5.74) is -0.623. The first-order valence-corrected chi connectivity index (χ1v) is 8.16. The Kier molecular flexibility index (Phi) is 4.17. The number of nitro groups is 1. The van der Waals surface area contributed by atoms with Crippen molar-refractivity contribution in [3.05, 3.63) is 97.4 Å². The van der Waals surface area contributed by atoms with Gasteiger partial charge in [-0.1, -0.05) is 24.3 Å². The molecule has 0 unspecified atom stereocenters. The molecule has 4 aromatic rings. The predicted molar refractivity (Wildman–Crippen MR) is 103 cm³/mol. The van der Waals surface area contributed by atoms with Crippen molar-refractivity contribution in [3.8, 4) is 11.3 Å². The fourth-order valence-corrected chi connectivity index (χ4v) is 2.78. The van der Waals surface area contributed by atoms with E-state index in [-0.39, 0.29) is 17.2 Å². The Balaban J connectivity index is 1.72. The Morgan fingerprint density at radius 1 is 1.04 bits per heavy atom. The topological polar surface area (TPSA) is 124 Å². The number of nitro benzene ring substituents is 1. The minimum atomic E-state index is -0.689. The van der Waals surface area contributed by atoms with Crippen LogP contribution >= 0.6 is 0 Å². The molecule has 1 N–H and O–H groups in total. The number of furan rings is 1. The highest BCUT2D eigenvalue weighted by molar-refractivity contribution is 5.79. The smallest absolute Gasteiger partial charge is 0.349 e. The second-order valence-corrected chi connectivity index (χ2v) is 5.81. The predicted octanol–water partition coefficient (Wildman–Crippen LogP) is 2.74. The van der Waals surface area contributed by atoms with Crippen LogP contribution in [-0.2, 0) is 0 Å². The molecule has 0 aliphatic rings. The van der Waals surface area contributed by atoms with Crippen molar-refractivity contribution in [2.24, 2.45) is 5.10 Å². The molecule has 0 aliphatic carbocycles. The van der Waals surface area contributed by atoms with Gasteiger partial charge in [-0.05, 0) is 30.3 Å². The first kappa shape index (κ1) is 17.2. The zero-order valence-electron chi connectivity index (χ0n) is 14.2. The first-order valence-electron chi connectivity index (χ1n) is 8.16. The zero-order chi connectivity index (χ0) is 19.7. The van der Waals surface area contributed by atoms with E-state index in [2.05, 4.69) is 10.1 Å². The van der Waals surface area contributed by atoms with Crippen LogP contribution in [0.3, 0.4) is 0 Å². The van der Waals surface area contributed by atoms with Crippen LogP contribution in [0, 0.1) is 10.1 Å². The van der Waals surface area contributed by atoms with Crippen LogP contribution in [0.25, 0.3) is 22.2 Å². The van der Waals surface area contributed by atoms with Gasteiger partial charge in [-0.3, -0.25) is 14.9 Å². The van der Waals surface area contributed by atoms with Gasteiger partial charge in [0.15, 0.2) is 0 Å². The van der Waals surface area contributed by atoms with E-state index in [1.807, 2.05) is 0 Å². The van der Waals surface area contributed by atoms with E-state index in [4.69, 9.17) is 4.42 Å². The number of aromatic amines is 1. The Labute approximate surface area is 156 Å². The monoisotopic (exact) mass is 376 g/mol. The van der Waals surface area contributed by atoms with Crippen molar-refractivity contribution in [1.29, 1.82) is 0 Å². The second kappa shape index (κ2) is 6.80. The highest BCUT2D eigenvalue weighted by Gasteiger charge is 2.16. The number of hydrogen-bond acceptors (Lipinski definition) is 6. The molecule has 0 aliphatic heterocycles. The Hall–Kier alpha value is -4.27. The summed E-state index contributed by atoms with van der Waals surface area (Å²) in [6.45, 7) is 0. The van der Waals surface area contributed by atoms with Gasteiger partial charge in [-0.2, -0.15) is 5.10 Å². The highest BCUT2D eigenvalue weighted by atomic mass is 16.6. The highest BCUT2D eigenvalue weighted by Crippen LogP contribution is 2.30. The summed E-state index contributed by atoms with van der Waals surface area (Å²) >= 11 is 0. The number of para-hydroxylation sites is 2. The SMILES string of the molecule is O=c1[nH]c2ccccc2c(=O)n1N=Cc1ccc(-c2ccccc2[N+](=O)[O-])o1. The molecule has 2 heterocycles. The van der Waals surface area contributed by atoms with Crippen molar-refractivity contribution in [3.63, 3.8) is 0 Å². The van der Waals surface area contributed by atoms with Crippen molar-refractivity contribution >= 4 is 22.8 Å². The molecule has 0 saturated heterocycles. The molecule has 138 valence electrons. The summed E-state index contributed by atoms with van der Waals surface area (Å²) < 4.78 is 6.26. The lowest BCUT2D eigenvalue weighted by Gasteiger charge is -2.00. The lowest BCUT2D eigenvalue weighted by molar-refractivity contribution is -0.384. The van der Waals surface area contributed by atoms with Gasteiger partial charge >= 0.3 is 5.69 Å². The van der Waals surface area contributed by atoms with Crippen LogP contribution in [0.15, 0.2) is 79.8 Å². The van der Waals surface area contributed by atoms with Gasteiger partial charge in [-0.25, -0.2) is 4.79 Å². The number of hydrogen-bond donors (Lipinski definition) is 1. The van der Waals surface area contributed by atoms with Crippen LogP contribution in [-0.4, -0.2) is 20.8 Å². The maximum absolute atomic E-state index is 12.4. The average Bonchev–Trinajstić information content (AvgIpc) is 3.16. The van der Waals surface area contributed by atoms with Crippen LogP contribution in [0.5, 0.6) is 0 Å². The molecule has 4 rings (SSSR count). The third-order valence-electron chi connectivity index (χ3n) is 4.08. The summed E-state index contributed by atoms with van der Waals surface area (Å²) in [6, 6.07) is 15.8. The number of rotatable bonds is 4. The van der Waals surface area contributed by atoms with Gasteiger partial charge in [-0.15, -0.1) is 4.68 Å². The van der Waals surface area contributed by atoms with Crippen LogP contribution in [0.2, 0.25) is 0 Å². The lowest BCUT2D eigenvalue weighted by Crippen LogP contribution is -2.32. The maximum atomic E-state index is 12.4. The normalized spacial score (nSPS) is 11.3. The van der Waals surface area contributed by atoms with E-state index in [9.17, 15) is 19.7 Å². The summed E-state index contributed by atoms with van der Waals surface area (Å²) in [7, 11) is 0. The summed E-state index contributed by atoms with van der Waals surface area (Å²) in [6.07, 6.45) is 1.20.